The van der Waals surface area contributed by atoms with Crippen molar-refractivity contribution in [1.82, 2.24) is 31.1 Å². The molecular weight excluding hydrogens is 630 g/mol. The molecular formula is C36H58ClN7O4. The third kappa shape index (κ3) is 7.33. The number of nitrogens with two attached hydrogens (primary N) is 1. The molecule has 268 valence electrons. The van der Waals surface area contributed by atoms with Gasteiger partial charge in [-0.15, -0.1) is 0 Å². The van der Waals surface area contributed by atoms with E-state index in [0.29, 0.717) is 19.0 Å². The van der Waals surface area contributed by atoms with Crippen LogP contribution < -0.4 is 27.0 Å². The number of fused-ring (bicyclic) bond motifs is 4. The minimum atomic E-state index is -1.11. The van der Waals surface area contributed by atoms with Crippen LogP contribution in [0.2, 0.25) is 5.02 Å². The zero-order chi connectivity index (χ0) is 33.4. The maximum atomic E-state index is 12.8. The standard InChI is InChI=1S/C36H58ClN7O4/c1-22(45)43(20-19-39-18-15-23-10-12-27(37)13-11-23)21-28-30(46)31(47)35(48-28)44-33-26-7-2-5-24(6-3-8-26)25-9-4-16-36(17-14-25)41-32(38)29(40-33)34(44)42-36/h10-13,24-26,28-35,39-42,46-47H,2-9,14-21,38H2,1H3/t24?,25?,26?,28-,29?,30-,31-,32?,33?,34?,35-,36?/m1/s1. The van der Waals surface area contributed by atoms with Gasteiger partial charge in [-0.3, -0.25) is 20.7 Å². The Kier molecular flexibility index (Phi) is 11.0. The van der Waals surface area contributed by atoms with Crippen molar-refractivity contribution in [1.29, 1.82) is 0 Å². The van der Waals surface area contributed by atoms with E-state index < -0.39 is 24.5 Å². The van der Waals surface area contributed by atoms with Gasteiger partial charge in [0.1, 0.15) is 24.5 Å². The number of hydrogen-bond donors (Lipinski definition) is 7. The first-order valence-electron chi connectivity index (χ1n) is 18.8. The predicted molar refractivity (Wildman–Crippen MR) is 186 cm³/mol. The molecule has 5 saturated heterocycles. The Morgan fingerprint density at radius 3 is 2.44 bits per heavy atom. The van der Waals surface area contributed by atoms with Gasteiger partial charge in [0.15, 0.2) is 0 Å². The number of nitrogens with zero attached hydrogens (tertiary/aromatic N) is 2. The van der Waals surface area contributed by atoms with Gasteiger partial charge >= 0.3 is 0 Å². The van der Waals surface area contributed by atoms with E-state index in [4.69, 9.17) is 22.1 Å². The number of carbonyl (C=O) groups excluding carboxylic acids is 1. The number of halogens is 1. The number of rotatable bonds is 9. The van der Waals surface area contributed by atoms with Crippen molar-refractivity contribution in [3.63, 3.8) is 0 Å². The summed E-state index contributed by atoms with van der Waals surface area (Å²) in [6.07, 6.45) is 9.79. The van der Waals surface area contributed by atoms with Crippen LogP contribution in [0, 0.1) is 17.8 Å². The molecule has 5 aliphatic heterocycles. The Morgan fingerprint density at radius 2 is 1.69 bits per heavy atom. The number of carbonyl (C=O) groups is 1. The fourth-order valence-corrected chi connectivity index (χ4v) is 10.2. The molecule has 7 fully saturated rings. The van der Waals surface area contributed by atoms with E-state index >= 15 is 0 Å². The summed E-state index contributed by atoms with van der Waals surface area (Å²) in [6.45, 7) is 3.64. The minimum absolute atomic E-state index is 0.0356. The lowest BCUT2D eigenvalue weighted by atomic mass is 9.76. The molecule has 2 saturated carbocycles. The second-order valence-electron chi connectivity index (χ2n) is 15.6. The van der Waals surface area contributed by atoms with Gasteiger partial charge in [-0.1, -0.05) is 55.8 Å². The number of nitrogens with one attached hydrogen (secondary N) is 4. The van der Waals surface area contributed by atoms with Gasteiger partial charge < -0.3 is 30.9 Å². The highest BCUT2D eigenvalue weighted by Gasteiger charge is 2.59. The normalized spacial score (nSPS) is 41.4. The van der Waals surface area contributed by atoms with Gasteiger partial charge in [0, 0.05) is 31.6 Å². The first-order chi connectivity index (χ1) is 23.2. The average Bonchev–Trinajstić information content (AvgIpc) is 3.46. The summed E-state index contributed by atoms with van der Waals surface area (Å²) < 4.78 is 6.67. The highest BCUT2D eigenvalue weighted by molar-refractivity contribution is 6.30. The van der Waals surface area contributed by atoms with Crippen LogP contribution in [-0.2, 0) is 16.0 Å². The Hall–Kier alpha value is -1.38. The summed E-state index contributed by atoms with van der Waals surface area (Å²) in [5.41, 5.74) is 7.89. The quantitative estimate of drug-likeness (QED) is 0.193. The highest BCUT2D eigenvalue weighted by Crippen LogP contribution is 2.44. The van der Waals surface area contributed by atoms with E-state index in [0.717, 1.165) is 55.5 Å². The number of amides is 1. The number of aliphatic hydroxyl groups is 2. The fraction of sp³-hybridized carbons (Fsp3) is 0.806. The van der Waals surface area contributed by atoms with Crippen molar-refractivity contribution in [2.75, 3.05) is 26.2 Å². The third-order valence-electron chi connectivity index (χ3n) is 12.7. The van der Waals surface area contributed by atoms with Gasteiger partial charge in [0.25, 0.3) is 0 Å². The predicted octanol–water partition coefficient (Wildman–Crippen LogP) is 2.05. The van der Waals surface area contributed by atoms with E-state index in [9.17, 15) is 15.0 Å². The first-order valence-corrected chi connectivity index (χ1v) is 19.2. The Morgan fingerprint density at radius 1 is 0.979 bits per heavy atom. The van der Waals surface area contributed by atoms with E-state index in [2.05, 4.69) is 26.2 Å². The van der Waals surface area contributed by atoms with E-state index in [1.807, 2.05) is 24.3 Å². The summed E-state index contributed by atoms with van der Waals surface area (Å²) in [4.78, 5) is 16.8. The van der Waals surface area contributed by atoms with Crippen molar-refractivity contribution < 1.29 is 19.7 Å². The summed E-state index contributed by atoms with van der Waals surface area (Å²) >= 11 is 6.01. The molecule has 7 aliphatic rings. The molecule has 1 spiro atoms. The van der Waals surface area contributed by atoms with Crippen molar-refractivity contribution in [2.45, 2.75) is 139 Å². The van der Waals surface area contributed by atoms with Crippen LogP contribution in [0.25, 0.3) is 0 Å². The lowest BCUT2D eigenvalue weighted by molar-refractivity contribution is -0.142. The van der Waals surface area contributed by atoms with Crippen LogP contribution in [0.4, 0.5) is 0 Å². The van der Waals surface area contributed by atoms with Gasteiger partial charge in [-0.05, 0) is 86.9 Å². The monoisotopic (exact) mass is 687 g/mol. The summed E-state index contributed by atoms with van der Waals surface area (Å²) in [5.74, 6) is 1.90. The molecule has 8 rings (SSSR count). The Balaban J connectivity index is 1.06. The highest BCUT2D eigenvalue weighted by atomic mass is 35.5. The zero-order valence-electron chi connectivity index (χ0n) is 28.5. The van der Waals surface area contributed by atoms with Gasteiger partial charge in [0.05, 0.1) is 30.2 Å². The molecule has 48 heavy (non-hydrogen) atoms. The zero-order valence-corrected chi connectivity index (χ0v) is 29.3. The maximum absolute atomic E-state index is 12.8. The molecule has 6 unspecified atom stereocenters. The summed E-state index contributed by atoms with van der Waals surface area (Å²) in [5, 5.41) is 39.1. The number of hydrogen-bond acceptors (Lipinski definition) is 10. The van der Waals surface area contributed by atoms with Crippen LogP contribution in [0.15, 0.2) is 24.3 Å². The van der Waals surface area contributed by atoms with Gasteiger partial charge in [-0.2, -0.15) is 0 Å². The second-order valence-corrected chi connectivity index (χ2v) is 16.1. The van der Waals surface area contributed by atoms with E-state index in [1.54, 1.807) is 11.8 Å². The maximum Gasteiger partial charge on any atom is 0.219 e. The fourth-order valence-electron chi connectivity index (χ4n) is 10.1. The molecule has 11 nitrogen and oxygen atoms in total. The third-order valence-corrected chi connectivity index (χ3v) is 12.9. The second kappa shape index (κ2) is 15.1. The molecule has 12 heteroatoms. The van der Waals surface area contributed by atoms with Crippen LogP contribution in [0.5, 0.6) is 0 Å². The van der Waals surface area contributed by atoms with Crippen molar-refractivity contribution in [2.24, 2.45) is 23.5 Å². The van der Waals surface area contributed by atoms with Crippen molar-refractivity contribution in [3.8, 4) is 0 Å². The van der Waals surface area contributed by atoms with Gasteiger partial charge in [0.2, 0.25) is 5.91 Å². The molecule has 1 aromatic carbocycles. The molecule has 1 amide bonds. The summed E-state index contributed by atoms with van der Waals surface area (Å²) in [7, 11) is 0. The van der Waals surface area contributed by atoms with Crippen LogP contribution in [-0.4, -0.2) is 107 Å². The lowest BCUT2D eigenvalue weighted by Crippen LogP contribution is -2.78. The lowest BCUT2D eigenvalue weighted by Gasteiger charge is -2.50. The summed E-state index contributed by atoms with van der Waals surface area (Å²) in [6, 6.07) is 7.77. The van der Waals surface area contributed by atoms with Crippen molar-refractivity contribution >= 4 is 17.5 Å². The molecule has 0 aromatic heterocycles. The van der Waals surface area contributed by atoms with E-state index in [1.165, 1.54) is 50.5 Å². The largest absolute Gasteiger partial charge is 0.387 e. The SMILES string of the molecule is CC(=O)N(CCNCCc1ccc(Cl)cc1)C[C@H]1O[C@@H](N2C3NC4C(N)NC5(CCCC(CC5)C5CCCC3CCC5)NC42)[C@H](O)[C@@H]1O. The topological polar surface area (TPSA) is 147 Å². The minimum Gasteiger partial charge on any atom is -0.387 e. The Labute approximate surface area is 291 Å². The van der Waals surface area contributed by atoms with Crippen LogP contribution in [0.1, 0.15) is 83.1 Å². The molecule has 6 bridgehead atoms. The van der Waals surface area contributed by atoms with Crippen LogP contribution in [0.3, 0.4) is 0 Å². The molecule has 2 aliphatic carbocycles. The van der Waals surface area contributed by atoms with Gasteiger partial charge in [-0.25, -0.2) is 4.90 Å². The van der Waals surface area contributed by atoms with Crippen LogP contribution >= 0.6 is 11.6 Å². The first kappa shape index (κ1) is 35.0. The Bertz CT molecular complexity index is 1240. The molecule has 5 heterocycles. The average molecular weight is 688 g/mol. The number of benzene rings is 1. The molecule has 8 N–H and O–H groups in total. The number of ether oxygens (including phenoxy) is 1. The molecule has 10 atom stereocenters. The number of aliphatic hydroxyl groups excluding tert-OH is 2. The smallest absolute Gasteiger partial charge is 0.219 e. The van der Waals surface area contributed by atoms with E-state index in [-0.39, 0.29) is 42.7 Å². The van der Waals surface area contributed by atoms with Crippen molar-refractivity contribution in [3.05, 3.63) is 34.9 Å². The molecule has 1 aromatic rings. The molecule has 0 radical (unpaired) electrons.